The van der Waals surface area contributed by atoms with Gasteiger partial charge in [0.15, 0.2) is 0 Å². The molecule has 1 aliphatic carbocycles. The lowest BCUT2D eigenvalue weighted by atomic mass is 9.79. The molecule has 0 aromatic heterocycles. The fourth-order valence-corrected chi connectivity index (χ4v) is 2.34. The number of rotatable bonds is 0. The topological polar surface area (TPSA) is 12.0 Å². The Morgan fingerprint density at radius 3 is 3.18 bits per heavy atom. The third kappa shape index (κ3) is 1.29. The van der Waals surface area contributed by atoms with Gasteiger partial charge in [-0.1, -0.05) is 13.0 Å². The summed E-state index contributed by atoms with van der Waals surface area (Å²) in [7, 11) is 0. The van der Waals surface area contributed by atoms with E-state index in [1.54, 1.807) is 5.70 Å². The van der Waals surface area contributed by atoms with Crippen LogP contribution in [0.5, 0.6) is 0 Å². The minimum absolute atomic E-state index is 0.873. The molecule has 0 bridgehead atoms. The van der Waals surface area contributed by atoms with Crippen LogP contribution in [0, 0.1) is 11.8 Å². The highest BCUT2D eigenvalue weighted by atomic mass is 14.9. The molecule has 2 aliphatic rings. The Morgan fingerprint density at radius 2 is 2.36 bits per heavy atom. The maximum absolute atomic E-state index is 3.51. The van der Waals surface area contributed by atoms with Crippen molar-refractivity contribution in [2.45, 2.75) is 32.6 Å². The van der Waals surface area contributed by atoms with E-state index in [2.05, 4.69) is 18.3 Å². The summed E-state index contributed by atoms with van der Waals surface area (Å²) in [6, 6.07) is 0. The molecule has 1 nitrogen and oxygen atoms in total. The Balaban J connectivity index is 2.13. The smallest absolute Gasteiger partial charge is 0.0146 e. The second-order valence-corrected chi connectivity index (χ2v) is 3.89. The molecule has 1 N–H and O–H groups in total. The van der Waals surface area contributed by atoms with E-state index in [-0.39, 0.29) is 0 Å². The van der Waals surface area contributed by atoms with Gasteiger partial charge in [0.05, 0.1) is 0 Å². The minimum atomic E-state index is 0.873. The molecule has 1 heteroatoms. The quantitative estimate of drug-likeness (QED) is 0.560. The van der Waals surface area contributed by atoms with Crippen LogP contribution in [0.4, 0.5) is 0 Å². The van der Waals surface area contributed by atoms with E-state index in [1.807, 2.05) is 0 Å². The van der Waals surface area contributed by atoms with E-state index in [0.29, 0.717) is 0 Å². The fourth-order valence-electron chi connectivity index (χ4n) is 2.34. The maximum Gasteiger partial charge on any atom is 0.0146 e. The molecular formula is C10H17N. The van der Waals surface area contributed by atoms with Crippen LogP contribution in [0.2, 0.25) is 0 Å². The molecule has 0 aromatic carbocycles. The molecule has 2 atom stereocenters. The van der Waals surface area contributed by atoms with Crippen molar-refractivity contribution in [3.63, 3.8) is 0 Å². The number of allylic oxidation sites excluding steroid dienone is 2. The number of piperidine rings is 1. The second kappa shape index (κ2) is 2.88. The molecule has 2 rings (SSSR count). The first kappa shape index (κ1) is 7.20. The molecule has 0 radical (unpaired) electrons. The van der Waals surface area contributed by atoms with Crippen LogP contribution < -0.4 is 5.32 Å². The third-order valence-corrected chi connectivity index (χ3v) is 3.10. The first-order chi connectivity index (χ1) is 5.38. The van der Waals surface area contributed by atoms with Crippen LogP contribution >= 0.6 is 0 Å². The van der Waals surface area contributed by atoms with Gasteiger partial charge in [0.25, 0.3) is 0 Å². The van der Waals surface area contributed by atoms with E-state index in [4.69, 9.17) is 0 Å². The molecule has 1 fully saturated rings. The van der Waals surface area contributed by atoms with Crippen LogP contribution in [0.3, 0.4) is 0 Å². The van der Waals surface area contributed by atoms with Crippen LogP contribution in [-0.2, 0) is 0 Å². The monoisotopic (exact) mass is 151 g/mol. The molecule has 2 unspecified atom stereocenters. The van der Waals surface area contributed by atoms with E-state index >= 15 is 0 Å². The zero-order chi connectivity index (χ0) is 7.68. The lowest BCUT2D eigenvalue weighted by molar-refractivity contribution is 0.291. The number of fused-ring (bicyclic) bond motifs is 1. The van der Waals surface area contributed by atoms with Crippen molar-refractivity contribution >= 4 is 0 Å². The van der Waals surface area contributed by atoms with Crippen LogP contribution in [0.15, 0.2) is 11.8 Å². The van der Waals surface area contributed by atoms with E-state index < -0.39 is 0 Å². The van der Waals surface area contributed by atoms with Crippen molar-refractivity contribution < 1.29 is 0 Å². The van der Waals surface area contributed by atoms with Gasteiger partial charge in [-0.3, -0.25) is 0 Å². The van der Waals surface area contributed by atoms with Crippen molar-refractivity contribution in [1.82, 2.24) is 5.32 Å². The molecular weight excluding hydrogens is 134 g/mol. The zero-order valence-corrected chi connectivity index (χ0v) is 7.27. The van der Waals surface area contributed by atoms with Crippen molar-refractivity contribution in [1.29, 1.82) is 0 Å². The number of nitrogens with one attached hydrogen (secondary N) is 1. The Hall–Kier alpha value is -0.460. The average molecular weight is 151 g/mol. The van der Waals surface area contributed by atoms with Crippen LogP contribution in [-0.4, -0.2) is 6.54 Å². The normalized spacial score (nSPS) is 37.0. The Morgan fingerprint density at radius 1 is 1.45 bits per heavy atom. The van der Waals surface area contributed by atoms with Crippen molar-refractivity contribution in [3.8, 4) is 0 Å². The van der Waals surface area contributed by atoms with Crippen LogP contribution in [0.25, 0.3) is 0 Å². The molecule has 0 aromatic rings. The lowest BCUT2D eigenvalue weighted by Crippen LogP contribution is -2.34. The fraction of sp³-hybridized carbons (Fsp3) is 0.800. The van der Waals surface area contributed by atoms with Crippen molar-refractivity contribution in [3.05, 3.63) is 11.8 Å². The standard InChI is InChI=1S/C10H17N/c1-8-6-7-11-10-5-3-2-4-9(8)10/h5,8-9,11H,2-4,6-7H2,1H3. The Labute approximate surface area is 68.9 Å². The molecule has 0 spiro atoms. The lowest BCUT2D eigenvalue weighted by Gasteiger charge is -2.35. The Bertz CT molecular complexity index is 172. The third-order valence-electron chi connectivity index (χ3n) is 3.10. The van der Waals surface area contributed by atoms with Gasteiger partial charge in [-0.05, 0) is 31.6 Å². The molecule has 62 valence electrons. The summed E-state index contributed by atoms with van der Waals surface area (Å²) in [5, 5.41) is 3.51. The number of hydrogen-bond acceptors (Lipinski definition) is 1. The minimum Gasteiger partial charge on any atom is -0.388 e. The summed E-state index contributed by atoms with van der Waals surface area (Å²) < 4.78 is 0. The zero-order valence-electron chi connectivity index (χ0n) is 7.27. The van der Waals surface area contributed by atoms with Crippen molar-refractivity contribution in [2.75, 3.05) is 6.54 Å². The predicted octanol–water partition coefficient (Wildman–Crippen LogP) is 2.30. The highest BCUT2D eigenvalue weighted by Gasteiger charge is 2.26. The summed E-state index contributed by atoms with van der Waals surface area (Å²) in [6.07, 6.45) is 7.89. The Kier molecular flexibility index (Phi) is 1.89. The molecule has 11 heavy (non-hydrogen) atoms. The average Bonchev–Trinajstić information content (AvgIpc) is 2.06. The summed E-state index contributed by atoms with van der Waals surface area (Å²) >= 11 is 0. The van der Waals surface area contributed by atoms with Gasteiger partial charge >= 0.3 is 0 Å². The molecule has 0 saturated carbocycles. The van der Waals surface area contributed by atoms with Crippen molar-refractivity contribution in [2.24, 2.45) is 11.8 Å². The largest absolute Gasteiger partial charge is 0.388 e. The van der Waals surface area contributed by atoms with Gasteiger partial charge in [-0.25, -0.2) is 0 Å². The van der Waals surface area contributed by atoms with Gasteiger partial charge in [0.2, 0.25) is 0 Å². The SMILES string of the molecule is CC1CCNC2=CCCCC21. The van der Waals surface area contributed by atoms with E-state index in [1.165, 1.54) is 32.2 Å². The predicted molar refractivity (Wildman–Crippen MR) is 47.2 cm³/mol. The van der Waals surface area contributed by atoms with Gasteiger partial charge in [0.1, 0.15) is 0 Å². The van der Waals surface area contributed by atoms with Crippen LogP contribution in [0.1, 0.15) is 32.6 Å². The van der Waals surface area contributed by atoms with Gasteiger partial charge < -0.3 is 5.32 Å². The molecule has 1 heterocycles. The van der Waals surface area contributed by atoms with Gasteiger partial charge in [-0.15, -0.1) is 0 Å². The molecule has 1 aliphatic heterocycles. The van der Waals surface area contributed by atoms with E-state index in [9.17, 15) is 0 Å². The summed E-state index contributed by atoms with van der Waals surface area (Å²) in [4.78, 5) is 0. The highest BCUT2D eigenvalue weighted by molar-refractivity contribution is 5.11. The number of hydrogen-bond donors (Lipinski definition) is 1. The molecule has 1 saturated heterocycles. The maximum atomic E-state index is 3.51. The highest BCUT2D eigenvalue weighted by Crippen LogP contribution is 2.33. The summed E-state index contributed by atoms with van der Waals surface area (Å²) in [5.41, 5.74) is 1.55. The first-order valence-corrected chi connectivity index (χ1v) is 4.82. The second-order valence-electron chi connectivity index (χ2n) is 3.89. The summed E-state index contributed by atoms with van der Waals surface area (Å²) in [6.45, 7) is 3.59. The van der Waals surface area contributed by atoms with Gasteiger partial charge in [-0.2, -0.15) is 0 Å². The molecule has 0 amide bonds. The first-order valence-electron chi connectivity index (χ1n) is 4.82. The van der Waals surface area contributed by atoms with E-state index in [0.717, 1.165) is 11.8 Å². The van der Waals surface area contributed by atoms with Gasteiger partial charge in [0, 0.05) is 18.2 Å². The summed E-state index contributed by atoms with van der Waals surface area (Å²) in [5.74, 6) is 1.79.